The maximum Gasteiger partial charge on any atom is 0.223 e. The number of rotatable bonds is 17. The van der Waals surface area contributed by atoms with Crippen molar-refractivity contribution < 1.29 is 38.3 Å². The molecule has 2 aliphatic heterocycles. The smallest absolute Gasteiger partial charge is 0.223 e. The van der Waals surface area contributed by atoms with E-state index in [1.807, 2.05) is 127 Å². The van der Waals surface area contributed by atoms with Gasteiger partial charge in [-0.1, -0.05) is 140 Å². The largest absolute Gasteiger partial charge is 0.508 e. The summed E-state index contributed by atoms with van der Waals surface area (Å²) >= 11 is 0. The van der Waals surface area contributed by atoms with Crippen molar-refractivity contribution in [2.45, 2.75) is 99.8 Å². The van der Waals surface area contributed by atoms with Crippen molar-refractivity contribution in [2.75, 3.05) is 27.3 Å². The lowest BCUT2D eigenvalue weighted by atomic mass is 9.52. The molecule has 64 heavy (non-hydrogen) atoms. The quantitative estimate of drug-likeness (QED) is 0.0910. The van der Waals surface area contributed by atoms with Crippen LogP contribution in [0.25, 0.3) is 0 Å². The van der Waals surface area contributed by atoms with E-state index < -0.39 is 42.0 Å². The maximum atomic E-state index is 14.7. The lowest BCUT2D eigenvalue weighted by molar-refractivity contribution is -0.272. The first-order chi connectivity index (χ1) is 31.4. The highest BCUT2D eigenvalue weighted by Crippen LogP contribution is 2.55. The van der Waals surface area contributed by atoms with E-state index in [1.165, 1.54) is 5.56 Å². The van der Waals surface area contributed by atoms with E-state index in [-0.39, 0.29) is 49.4 Å². The molecule has 5 aromatic rings. The fraction of sp³-hybridized carbons (Fsp3) is 0.389. The Morgan fingerprint density at radius 3 is 1.84 bits per heavy atom. The third kappa shape index (κ3) is 9.60. The number of nitrogens with one attached hydrogen (secondary N) is 1. The lowest BCUT2D eigenvalue weighted by Gasteiger charge is -2.60. The molecular weight excluding hydrogens is 805 g/mol. The molecule has 4 aliphatic rings. The van der Waals surface area contributed by atoms with Crippen LogP contribution in [0.1, 0.15) is 46.2 Å². The van der Waals surface area contributed by atoms with Crippen LogP contribution < -0.4 is 5.32 Å². The Hall–Kier alpha value is -5.17. The van der Waals surface area contributed by atoms with Crippen LogP contribution in [-0.4, -0.2) is 91.9 Å². The minimum Gasteiger partial charge on any atom is -0.508 e. The summed E-state index contributed by atoms with van der Waals surface area (Å²) in [5.41, 5.74) is 5.94. The van der Waals surface area contributed by atoms with E-state index in [9.17, 15) is 9.90 Å². The zero-order valence-electron chi connectivity index (χ0n) is 36.7. The molecule has 10 atom stereocenters. The van der Waals surface area contributed by atoms with Crippen LogP contribution in [0.5, 0.6) is 5.75 Å². The molecule has 0 aromatic heterocycles. The van der Waals surface area contributed by atoms with E-state index >= 15 is 0 Å². The monoisotopic (exact) mass is 864 g/mol. The molecule has 2 heterocycles. The van der Waals surface area contributed by atoms with Crippen molar-refractivity contribution >= 4 is 5.91 Å². The highest BCUT2D eigenvalue weighted by Gasteiger charge is 2.59. The fourth-order valence-corrected chi connectivity index (χ4v) is 10.7. The van der Waals surface area contributed by atoms with E-state index in [1.54, 1.807) is 13.2 Å². The SMILES string of the molecule is COC1C(NC(=O)CC2OC(COCc3ccccc3)C(OCc3ccccc3)C(OCc3ccccc3)C2OCc2ccccc2)C=CC2C3Cc4ccc(O)cc4C21CCN3C. The van der Waals surface area contributed by atoms with E-state index in [4.69, 9.17) is 28.4 Å². The van der Waals surface area contributed by atoms with Gasteiger partial charge in [0.05, 0.1) is 57.7 Å². The van der Waals surface area contributed by atoms with Gasteiger partial charge in [0.1, 0.15) is 30.2 Å². The zero-order valence-corrected chi connectivity index (χ0v) is 36.7. The molecule has 2 aliphatic carbocycles. The van der Waals surface area contributed by atoms with Crippen molar-refractivity contribution in [1.82, 2.24) is 10.2 Å². The molecule has 10 nitrogen and oxygen atoms in total. The van der Waals surface area contributed by atoms with Crippen molar-refractivity contribution in [2.24, 2.45) is 5.92 Å². The van der Waals surface area contributed by atoms with Gasteiger partial charge in [-0.3, -0.25) is 4.79 Å². The molecule has 10 heteroatoms. The number of phenols is 1. The van der Waals surface area contributed by atoms with Gasteiger partial charge in [0.25, 0.3) is 0 Å². The van der Waals surface area contributed by atoms with Crippen LogP contribution in [0.4, 0.5) is 0 Å². The van der Waals surface area contributed by atoms with Gasteiger partial charge >= 0.3 is 0 Å². The van der Waals surface area contributed by atoms with Crippen LogP contribution in [0.2, 0.25) is 0 Å². The summed E-state index contributed by atoms with van der Waals surface area (Å²) in [6, 6.07) is 45.8. The van der Waals surface area contributed by atoms with Gasteiger partial charge in [-0.2, -0.15) is 0 Å². The van der Waals surface area contributed by atoms with Crippen molar-refractivity contribution in [1.29, 1.82) is 0 Å². The normalized spacial score (nSPS) is 28.5. The molecule has 2 saturated heterocycles. The number of methoxy groups -OCH3 is 1. The van der Waals surface area contributed by atoms with Gasteiger partial charge in [-0.05, 0) is 71.9 Å². The highest BCUT2D eigenvalue weighted by molar-refractivity contribution is 5.77. The second kappa shape index (κ2) is 20.3. The summed E-state index contributed by atoms with van der Waals surface area (Å²) in [5.74, 6) is 0.196. The first kappa shape index (κ1) is 44.1. The molecule has 0 spiro atoms. The number of benzene rings is 5. The molecule has 10 unspecified atom stereocenters. The summed E-state index contributed by atoms with van der Waals surface area (Å²) in [5, 5.41) is 14.2. The molecule has 9 rings (SSSR count). The number of hydrogen-bond donors (Lipinski definition) is 2. The number of carbonyl (C=O) groups excluding carboxylic acids is 1. The van der Waals surface area contributed by atoms with E-state index in [0.717, 1.165) is 47.2 Å². The molecule has 334 valence electrons. The number of likely N-dealkylation sites (N-methyl/N-ethyl adjacent to an activating group) is 1. The molecule has 2 N–H and O–H groups in total. The molecule has 2 fully saturated rings. The summed E-state index contributed by atoms with van der Waals surface area (Å²) in [6.07, 6.45) is 2.42. The zero-order chi connectivity index (χ0) is 43.9. The van der Waals surface area contributed by atoms with Gasteiger partial charge in [0, 0.05) is 24.5 Å². The van der Waals surface area contributed by atoms with Gasteiger partial charge < -0.3 is 43.7 Å². The number of carbonyl (C=O) groups is 1. The van der Waals surface area contributed by atoms with E-state index in [2.05, 4.69) is 35.5 Å². The first-order valence-corrected chi connectivity index (χ1v) is 22.7. The van der Waals surface area contributed by atoms with Crippen LogP contribution >= 0.6 is 0 Å². The molecule has 0 radical (unpaired) electrons. The average molecular weight is 865 g/mol. The number of aromatic hydroxyl groups is 1. The van der Waals surface area contributed by atoms with Crippen LogP contribution in [0, 0.1) is 5.92 Å². The number of ether oxygens (including phenoxy) is 6. The van der Waals surface area contributed by atoms with Gasteiger partial charge in [-0.25, -0.2) is 0 Å². The summed E-state index contributed by atoms with van der Waals surface area (Å²) in [6.45, 7) is 2.36. The predicted octanol–water partition coefficient (Wildman–Crippen LogP) is 7.71. The Morgan fingerprint density at radius 2 is 1.27 bits per heavy atom. The number of amides is 1. The minimum atomic E-state index is -0.731. The number of fused-ring (bicyclic) bond motifs is 1. The van der Waals surface area contributed by atoms with Gasteiger partial charge in [0.15, 0.2) is 0 Å². The standard InChI is InChI=1S/C54H60N2O8/c1-56-28-27-54-43(46(56)29-41-23-24-42(57)30-44(41)54)25-26-45(53(54)59-2)55-49(58)31-47-50(61-33-38-17-9-4-10-18-38)52(63-35-40-21-13-6-14-22-40)51(62-34-39-19-11-5-12-20-39)48(64-47)36-60-32-37-15-7-3-8-16-37/h3-26,30,43,45-48,50-53,57H,27-29,31-36H2,1-2H3,(H,55,58). The fourth-order valence-electron chi connectivity index (χ4n) is 10.7. The second-order valence-electron chi connectivity index (χ2n) is 17.7. The average Bonchev–Trinajstić information content (AvgIpc) is 3.32. The third-order valence-electron chi connectivity index (χ3n) is 13.8. The van der Waals surface area contributed by atoms with Crippen LogP contribution in [-0.2, 0) is 71.5 Å². The Morgan fingerprint density at radius 1 is 0.719 bits per heavy atom. The Balaban J connectivity index is 1.03. The minimum absolute atomic E-state index is 0.00875. The van der Waals surface area contributed by atoms with Gasteiger partial charge in [-0.15, -0.1) is 0 Å². The number of piperidine rings is 1. The third-order valence-corrected chi connectivity index (χ3v) is 13.8. The van der Waals surface area contributed by atoms with Crippen LogP contribution in [0.3, 0.4) is 0 Å². The number of phenolic OH excluding ortho intramolecular Hbond substituents is 1. The number of nitrogens with zero attached hydrogens (tertiary/aromatic N) is 1. The first-order valence-electron chi connectivity index (χ1n) is 22.7. The molecule has 0 saturated carbocycles. The summed E-state index contributed by atoms with van der Waals surface area (Å²) in [7, 11) is 3.93. The van der Waals surface area contributed by atoms with Crippen molar-refractivity contribution in [3.63, 3.8) is 0 Å². The Kier molecular flexibility index (Phi) is 14.0. The van der Waals surface area contributed by atoms with Gasteiger partial charge in [0.2, 0.25) is 5.91 Å². The Bertz CT molecular complexity index is 2300. The number of likely N-dealkylation sites (tertiary alicyclic amines) is 1. The highest BCUT2D eigenvalue weighted by atomic mass is 16.6. The maximum absolute atomic E-state index is 14.7. The molecule has 5 aromatic carbocycles. The molecular formula is C54H60N2O8. The van der Waals surface area contributed by atoms with Crippen molar-refractivity contribution in [3.8, 4) is 5.75 Å². The topological polar surface area (TPSA) is 108 Å². The van der Waals surface area contributed by atoms with Crippen LogP contribution in [0.15, 0.2) is 152 Å². The second-order valence-corrected chi connectivity index (χ2v) is 17.7. The summed E-state index contributed by atoms with van der Waals surface area (Å²) in [4.78, 5) is 17.2. The molecule has 1 amide bonds. The number of hydrogen-bond acceptors (Lipinski definition) is 9. The summed E-state index contributed by atoms with van der Waals surface area (Å²) < 4.78 is 40.6. The predicted molar refractivity (Wildman–Crippen MR) is 244 cm³/mol. The molecule has 2 bridgehead atoms. The lowest BCUT2D eigenvalue weighted by Crippen LogP contribution is -2.68. The van der Waals surface area contributed by atoms with Crippen molar-refractivity contribution in [3.05, 3.63) is 185 Å². The Labute approximate surface area is 377 Å². The van der Waals surface area contributed by atoms with E-state index in [0.29, 0.717) is 19.8 Å².